The van der Waals surface area contributed by atoms with Crippen LogP contribution >= 0.6 is 11.8 Å². The van der Waals surface area contributed by atoms with Crippen LogP contribution in [0.15, 0.2) is 40.4 Å². The lowest BCUT2D eigenvalue weighted by molar-refractivity contribution is -0.113. The number of nitrogens with one attached hydrogen (secondary N) is 1. The van der Waals surface area contributed by atoms with Crippen molar-refractivity contribution in [1.29, 1.82) is 0 Å². The molecule has 2 atom stereocenters. The number of benzene rings is 1. The number of hydrogen-bond acceptors (Lipinski definition) is 7. The van der Waals surface area contributed by atoms with Gasteiger partial charge in [0.05, 0.1) is 25.1 Å². The van der Waals surface area contributed by atoms with Gasteiger partial charge in [0.1, 0.15) is 6.10 Å². The van der Waals surface area contributed by atoms with Crippen LogP contribution in [0.2, 0.25) is 0 Å². The molecule has 1 N–H and O–H groups in total. The van der Waals surface area contributed by atoms with E-state index in [1.54, 1.807) is 12.0 Å². The highest BCUT2D eigenvalue weighted by molar-refractivity contribution is 8.00. The molecule has 2 fully saturated rings. The molecular weight excluding hydrogens is 416 g/mol. The van der Waals surface area contributed by atoms with E-state index in [0.717, 1.165) is 54.6 Å². The van der Waals surface area contributed by atoms with Crippen LogP contribution in [-0.4, -0.2) is 67.9 Å². The number of anilines is 2. The molecule has 0 radical (unpaired) electrons. The van der Waals surface area contributed by atoms with Crippen LogP contribution < -0.4 is 10.2 Å². The van der Waals surface area contributed by atoms with E-state index in [1.807, 2.05) is 24.4 Å². The Morgan fingerprint density at radius 2 is 2.16 bits per heavy atom. The fourth-order valence-corrected chi connectivity index (χ4v) is 5.32. The first-order chi connectivity index (χ1) is 15.1. The van der Waals surface area contributed by atoms with E-state index in [1.165, 1.54) is 11.8 Å². The molecule has 4 aliphatic rings. The van der Waals surface area contributed by atoms with Crippen LogP contribution in [0.4, 0.5) is 16.2 Å². The van der Waals surface area contributed by atoms with E-state index in [0.29, 0.717) is 24.1 Å². The van der Waals surface area contributed by atoms with E-state index in [9.17, 15) is 9.59 Å². The zero-order valence-electron chi connectivity index (χ0n) is 17.5. The van der Waals surface area contributed by atoms with E-state index < -0.39 is 0 Å². The van der Waals surface area contributed by atoms with Crippen molar-refractivity contribution in [3.8, 4) is 0 Å². The first-order valence-corrected chi connectivity index (χ1v) is 11.6. The van der Waals surface area contributed by atoms with Gasteiger partial charge in [0.2, 0.25) is 5.91 Å². The SMILES string of the molecule is COC1=NC=CC(C2CN(CC[C@@H]3CN(c4ccc5c(c4)NC(=O)CS5)C(=O)O3)C2)C1. The quantitative estimate of drug-likeness (QED) is 0.755. The number of nitrogens with zero attached hydrogens (tertiary/aromatic N) is 3. The van der Waals surface area contributed by atoms with Crippen molar-refractivity contribution in [2.24, 2.45) is 16.8 Å². The predicted molar refractivity (Wildman–Crippen MR) is 120 cm³/mol. The Morgan fingerprint density at radius 3 is 3.00 bits per heavy atom. The summed E-state index contributed by atoms with van der Waals surface area (Å²) in [5.74, 6) is 2.34. The minimum absolute atomic E-state index is 0.0150. The zero-order valence-corrected chi connectivity index (χ0v) is 18.3. The Labute approximate surface area is 185 Å². The Balaban J connectivity index is 1.10. The molecule has 2 saturated heterocycles. The number of hydrogen-bond donors (Lipinski definition) is 1. The lowest BCUT2D eigenvalue weighted by Gasteiger charge is -2.43. The molecule has 8 nitrogen and oxygen atoms in total. The van der Waals surface area contributed by atoms with Gasteiger partial charge in [0, 0.05) is 42.8 Å². The molecule has 1 aromatic rings. The fourth-order valence-electron chi connectivity index (χ4n) is 4.53. The van der Waals surface area contributed by atoms with Crippen LogP contribution in [-0.2, 0) is 14.3 Å². The van der Waals surface area contributed by atoms with E-state index >= 15 is 0 Å². The van der Waals surface area contributed by atoms with Gasteiger partial charge in [-0.2, -0.15) is 0 Å². The van der Waals surface area contributed by atoms with Gasteiger partial charge in [0.25, 0.3) is 0 Å². The smallest absolute Gasteiger partial charge is 0.414 e. The molecule has 0 bridgehead atoms. The summed E-state index contributed by atoms with van der Waals surface area (Å²) in [5, 5.41) is 2.88. The van der Waals surface area contributed by atoms with Crippen LogP contribution in [0.1, 0.15) is 12.8 Å². The van der Waals surface area contributed by atoms with Crippen LogP contribution in [0.5, 0.6) is 0 Å². The number of methoxy groups -OCH3 is 1. The van der Waals surface area contributed by atoms with E-state index in [2.05, 4.69) is 21.3 Å². The molecule has 4 heterocycles. The molecule has 5 rings (SSSR count). The second-order valence-electron chi connectivity index (χ2n) is 8.38. The minimum atomic E-state index is -0.319. The first kappa shape index (κ1) is 20.4. The fraction of sp³-hybridized carbons (Fsp3) is 0.500. The maximum absolute atomic E-state index is 12.4. The third-order valence-electron chi connectivity index (χ3n) is 6.34. The summed E-state index contributed by atoms with van der Waals surface area (Å²) < 4.78 is 10.9. The molecule has 31 heavy (non-hydrogen) atoms. The number of carbonyl (C=O) groups excluding carboxylic acids is 2. The average Bonchev–Trinajstić information content (AvgIpc) is 3.12. The van der Waals surface area contributed by atoms with Gasteiger partial charge in [-0.05, 0) is 36.5 Å². The molecule has 0 aliphatic carbocycles. The molecule has 0 aromatic heterocycles. The van der Waals surface area contributed by atoms with Gasteiger partial charge in [0.15, 0.2) is 5.90 Å². The van der Waals surface area contributed by atoms with Crippen LogP contribution in [0, 0.1) is 11.8 Å². The van der Waals surface area contributed by atoms with Gasteiger partial charge in [-0.15, -0.1) is 11.8 Å². The maximum Gasteiger partial charge on any atom is 0.414 e. The number of allylic oxidation sites excluding steroid dienone is 1. The average molecular weight is 443 g/mol. The molecule has 2 amide bonds. The lowest BCUT2D eigenvalue weighted by atomic mass is 9.82. The van der Waals surface area contributed by atoms with Crippen LogP contribution in [0.3, 0.4) is 0 Å². The molecule has 9 heteroatoms. The summed E-state index contributed by atoms with van der Waals surface area (Å²) >= 11 is 1.51. The number of rotatable bonds is 5. The molecule has 4 aliphatic heterocycles. The molecule has 0 saturated carbocycles. The van der Waals surface area contributed by atoms with Crippen LogP contribution in [0.25, 0.3) is 0 Å². The Hall–Kier alpha value is -2.52. The number of amides is 2. The van der Waals surface area contributed by atoms with Crippen molar-refractivity contribution < 1.29 is 19.1 Å². The number of thioether (sulfide) groups is 1. The highest BCUT2D eigenvalue weighted by Crippen LogP contribution is 2.36. The third-order valence-corrected chi connectivity index (χ3v) is 7.41. The monoisotopic (exact) mass is 442 g/mol. The van der Waals surface area contributed by atoms with Gasteiger partial charge in [-0.1, -0.05) is 6.08 Å². The first-order valence-electron chi connectivity index (χ1n) is 10.6. The summed E-state index contributed by atoms with van der Waals surface area (Å²) in [7, 11) is 1.67. The second kappa shape index (κ2) is 8.55. The topological polar surface area (TPSA) is 83.5 Å². The summed E-state index contributed by atoms with van der Waals surface area (Å²) in [5.41, 5.74) is 1.53. The van der Waals surface area contributed by atoms with Gasteiger partial charge < -0.3 is 19.7 Å². The maximum atomic E-state index is 12.4. The number of ether oxygens (including phenoxy) is 2. The Kier molecular flexibility index (Phi) is 5.62. The molecule has 164 valence electrons. The number of aliphatic imine (C=N–C) groups is 1. The number of cyclic esters (lactones) is 1. The van der Waals surface area contributed by atoms with Gasteiger partial charge in [-0.3, -0.25) is 9.69 Å². The number of fused-ring (bicyclic) bond motifs is 1. The molecule has 0 spiro atoms. The molecule has 1 unspecified atom stereocenters. The minimum Gasteiger partial charge on any atom is -0.484 e. The van der Waals surface area contributed by atoms with Gasteiger partial charge in [-0.25, -0.2) is 9.79 Å². The van der Waals surface area contributed by atoms with Crippen molar-refractivity contribution in [1.82, 2.24) is 4.90 Å². The largest absolute Gasteiger partial charge is 0.484 e. The normalized spacial score (nSPS) is 26.1. The summed E-state index contributed by atoms with van der Waals surface area (Å²) in [4.78, 5) is 33.4. The zero-order chi connectivity index (χ0) is 21.4. The second-order valence-corrected chi connectivity index (χ2v) is 9.40. The summed E-state index contributed by atoms with van der Waals surface area (Å²) in [6.07, 6.45) is 5.29. The third kappa shape index (κ3) is 4.29. The van der Waals surface area contributed by atoms with Gasteiger partial charge >= 0.3 is 6.09 Å². The standard InChI is InChI=1S/C22H26N4O4S/c1-29-21-8-14(4-6-23-21)15-10-25(11-15)7-5-17-12-26(22(28)30-17)16-2-3-19-18(9-16)24-20(27)13-31-19/h2-4,6,9,14-15,17H,5,7-8,10-13H2,1H3,(H,24,27)/t14?,17-/m1/s1. The van der Waals surface area contributed by atoms with Crippen molar-refractivity contribution in [3.63, 3.8) is 0 Å². The Bertz CT molecular complexity index is 943. The lowest BCUT2D eigenvalue weighted by Crippen LogP contribution is -2.50. The summed E-state index contributed by atoms with van der Waals surface area (Å²) in [6, 6.07) is 5.73. The summed E-state index contributed by atoms with van der Waals surface area (Å²) in [6.45, 7) is 3.56. The van der Waals surface area contributed by atoms with Crippen molar-refractivity contribution in [2.75, 3.05) is 49.3 Å². The number of likely N-dealkylation sites (tertiary alicyclic amines) is 1. The highest BCUT2D eigenvalue weighted by atomic mass is 32.2. The predicted octanol–water partition coefficient (Wildman–Crippen LogP) is 2.96. The highest BCUT2D eigenvalue weighted by Gasteiger charge is 2.36. The Morgan fingerprint density at radius 1 is 1.29 bits per heavy atom. The van der Waals surface area contributed by atoms with Crippen molar-refractivity contribution in [2.45, 2.75) is 23.8 Å². The number of carbonyl (C=O) groups is 2. The van der Waals surface area contributed by atoms with Crippen molar-refractivity contribution in [3.05, 3.63) is 30.5 Å². The molecule has 1 aromatic carbocycles. The molecular formula is C22H26N4O4S. The van der Waals surface area contributed by atoms with Crippen molar-refractivity contribution >= 4 is 41.0 Å². The van der Waals surface area contributed by atoms with E-state index in [-0.39, 0.29) is 18.1 Å². The van der Waals surface area contributed by atoms with E-state index in [4.69, 9.17) is 9.47 Å².